The van der Waals surface area contributed by atoms with Crippen LogP contribution in [0.25, 0.3) is 0 Å². The highest BCUT2D eigenvalue weighted by atomic mass is 16.5. The predicted molar refractivity (Wildman–Crippen MR) is 144 cm³/mol. The lowest BCUT2D eigenvalue weighted by Gasteiger charge is -2.33. The number of unbranched alkanes of at least 4 members (excludes halogenated alkanes) is 3. The van der Waals surface area contributed by atoms with Gasteiger partial charge in [0.05, 0.1) is 17.9 Å². The normalized spacial score (nSPS) is 27.4. The Hall–Kier alpha value is -3.23. The second kappa shape index (κ2) is 10.9. The number of aryl methyl sites for hydroxylation is 2. The van der Waals surface area contributed by atoms with Crippen molar-refractivity contribution in [3.63, 3.8) is 0 Å². The van der Waals surface area contributed by atoms with Crippen LogP contribution in [0.15, 0.2) is 48.5 Å². The molecular weight excluding hydrogens is 482 g/mol. The van der Waals surface area contributed by atoms with Gasteiger partial charge in [0, 0.05) is 24.5 Å². The lowest BCUT2D eigenvalue weighted by molar-refractivity contribution is -0.139. The number of carbonyl (C=O) groups is 3. The van der Waals surface area contributed by atoms with Crippen molar-refractivity contribution in [1.82, 2.24) is 4.90 Å². The molecule has 0 saturated carbocycles. The molecule has 5 atom stereocenters. The van der Waals surface area contributed by atoms with Gasteiger partial charge >= 0.3 is 0 Å². The van der Waals surface area contributed by atoms with Crippen molar-refractivity contribution in [2.45, 2.75) is 70.1 Å². The van der Waals surface area contributed by atoms with Crippen molar-refractivity contribution < 1.29 is 24.2 Å². The van der Waals surface area contributed by atoms with Crippen molar-refractivity contribution in [2.24, 2.45) is 11.8 Å². The van der Waals surface area contributed by atoms with E-state index in [0.29, 0.717) is 37.9 Å². The third-order valence-corrected chi connectivity index (χ3v) is 8.35. The summed E-state index contributed by atoms with van der Waals surface area (Å²) in [6, 6.07) is 14.3. The van der Waals surface area contributed by atoms with Crippen molar-refractivity contribution in [3.05, 3.63) is 59.7 Å². The maximum absolute atomic E-state index is 14.0. The van der Waals surface area contributed by atoms with Crippen LogP contribution >= 0.6 is 0 Å². The van der Waals surface area contributed by atoms with Gasteiger partial charge in [-0.2, -0.15) is 0 Å². The number of likely N-dealkylation sites (tertiary alicyclic amines) is 1. The largest absolute Gasteiger partial charge is 0.396 e. The van der Waals surface area contributed by atoms with Crippen molar-refractivity contribution in [3.8, 4) is 0 Å². The zero-order valence-electron chi connectivity index (χ0n) is 22.1. The number of benzene rings is 2. The van der Waals surface area contributed by atoms with Gasteiger partial charge in [-0.25, -0.2) is 0 Å². The summed E-state index contributed by atoms with van der Waals surface area (Å²) in [6.07, 6.45) is 3.93. The van der Waals surface area contributed by atoms with E-state index in [1.807, 2.05) is 62.4 Å². The van der Waals surface area contributed by atoms with Crippen LogP contribution in [0.2, 0.25) is 0 Å². The molecule has 3 heterocycles. The second-order valence-corrected chi connectivity index (χ2v) is 10.9. The first-order valence-electron chi connectivity index (χ1n) is 13.7. The van der Waals surface area contributed by atoms with Gasteiger partial charge in [0.2, 0.25) is 17.7 Å². The summed E-state index contributed by atoms with van der Waals surface area (Å²) in [5.74, 6) is -2.03. The van der Waals surface area contributed by atoms with Crippen LogP contribution in [0.3, 0.4) is 0 Å². The van der Waals surface area contributed by atoms with Gasteiger partial charge in [-0.3, -0.25) is 14.4 Å². The topological polar surface area (TPSA) is 108 Å². The number of nitrogens with zero attached hydrogens (tertiary/aromatic N) is 1. The highest BCUT2D eigenvalue weighted by Crippen LogP contribution is 2.58. The fourth-order valence-electron chi connectivity index (χ4n) is 6.56. The Balaban J connectivity index is 1.43. The maximum Gasteiger partial charge on any atom is 0.250 e. The van der Waals surface area contributed by atoms with Crippen LogP contribution in [0.1, 0.15) is 49.7 Å². The number of ether oxygens (including phenoxy) is 1. The Labute approximate surface area is 223 Å². The van der Waals surface area contributed by atoms with E-state index < -0.39 is 29.6 Å². The minimum atomic E-state index is -1.02. The number of aliphatic hydroxyl groups excluding tert-OH is 1. The molecule has 1 spiro atoms. The number of fused-ring (bicyclic) bond motifs is 1. The van der Waals surface area contributed by atoms with Gasteiger partial charge in [0.15, 0.2) is 0 Å². The van der Waals surface area contributed by atoms with Gasteiger partial charge in [0.1, 0.15) is 11.6 Å². The van der Waals surface area contributed by atoms with Crippen LogP contribution in [-0.2, 0) is 19.1 Å². The van der Waals surface area contributed by atoms with E-state index in [2.05, 4.69) is 10.6 Å². The highest BCUT2D eigenvalue weighted by Gasteiger charge is 2.74. The van der Waals surface area contributed by atoms with E-state index in [4.69, 9.17) is 9.84 Å². The van der Waals surface area contributed by atoms with E-state index in [1.54, 1.807) is 4.90 Å². The number of hydrogen-bond acceptors (Lipinski definition) is 5. The van der Waals surface area contributed by atoms with Crippen molar-refractivity contribution in [1.29, 1.82) is 0 Å². The number of carbonyl (C=O) groups excluding carboxylic acids is 3. The summed E-state index contributed by atoms with van der Waals surface area (Å²) in [5.41, 5.74) is 2.34. The average Bonchev–Trinajstić information content (AvgIpc) is 3.54. The minimum absolute atomic E-state index is 0.141. The smallest absolute Gasteiger partial charge is 0.250 e. The Morgan fingerprint density at radius 3 is 2.55 bits per heavy atom. The van der Waals surface area contributed by atoms with Crippen molar-refractivity contribution in [2.75, 3.05) is 23.8 Å². The van der Waals surface area contributed by atoms with E-state index in [1.165, 1.54) is 0 Å². The first-order chi connectivity index (χ1) is 18.4. The molecule has 3 saturated heterocycles. The second-order valence-electron chi connectivity index (χ2n) is 10.9. The van der Waals surface area contributed by atoms with Gasteiger partial charge in [-0.1, -0.05) is 43.2 Å². The fourth-order valence-corrected chi connectivity index (χ4v) is 6.56. The Morgan fingerprint density at radius 2 is 1.79 bits per heavy atom. The van der Waals surface area contributed by atoms with Crippen LogP contribution in [-0.4, -0.2) is 58.6 Å². The summed E-state index contributed by atoms with van der Waals surface area (Å²) in [6.45, 7) is 4.46. The van der Waals surface area contributed by atoms with Gasteiger partial charge in [-0.05, 0) is 68.9 Å². The molecule has 5 rings (SSSR count). The fraction of sp³-hybridized carbons (Fsp3) is 0.500. The molecular formula is C30H37N3O5. The third-order valence-electron chi connectivity index (χ3n) is 8.35. The first kappa shape index (κ1) is 26.4. The quantitative estimate of drug-likeness (QED) is 0.414. The van der Waals surface area contributed by atoms with E-state index in [0.717, 1.165) is 29.7 Å². The lowest BCUT2D eigenvalue weighted by Crippen LogP contribution is -2.53. The maximum atomic E-state index is 14.0. The Bertz CT molecular complexity index is 1200. The molecule has 202 valence electrons. The number of hydrogen-bond donors (Lipinski definition) is 3. The molecule has 0 radical (unpaired) electrons. The SMILES string of the molecule is Cc1ccc(C)c(NC(=O)C2N(CCCCCCO)C(=O)[C@@H]3[C@H](C(=O)Nc4ccccc4)[C@@H]4CCC23O4)c1. The molecule has 2 bridgehead atoms. The lowest BCUT2D eigenvalue weighted by atomic mass is 9.70. The summed E-state index contributed by atoms with van der Waals surface area (Å²) in [7, 11) is 0. The molecule has 2 aromatic carbocycles. The van der Waals surface area contributed by atoms with Gasteiger partial charge < -0.3 is 25.4 Å². The summed E-state index contributed by atoms with van der Waals surface area (Å²) < 4.78 is 6.51. The van der Waals surface area contributed by atoms with Crippen LogP contribution in [0, 0.1) is 25.7 Å². The molecule has 3 aliphatic heterocycles. The molecule has 3 N–H and O–H groups in total. The monoisotopic (exact) mass is 519 g/mol. The molecule has 3 amide bonds. The van der Waals surface area contributed by atoms with E-state index in [-0.39, 0.29) is 24.3 Å². The third kappa shape index (κ3) is 4.71. The highest BCUT2D eigenvalue weighted by molar-refractivity contribution is 6.05. The number of rotatable bonds is 10. The number of aliphatic hydroxyl groups is 1. The number of amides is 3. The number of nitrogens with one attached hydrogen (secondary N) is 2. The van der Waals surface area contributed by atoms with Gasteiger partial charge in [0.25, 0.3) is 0 Å². The molecule has 2 aromatic rings. The number of anilines is 2. The minimum Gasteiger partial charge on any atom is -0.396 e. The predicted octanol–water partition coefficient (Wildman–Crippen LogP) is 3.81. The number of para-hydroxylation sites is 1. The zero-order valence-corrected chi connectivity index (χ0v) is 22.1. The molecule has 8 nitrogen and oxygen atoms in total. The van der Waals surface area contributed by atoms with Gasteiger partial charge in [-0.15, -0.1) is 0 Å². The summed E-state index contributed by atoms with van der Waals surface area (Å²) in [4.78, 5) is 43.1. The molecule has 3 fully saturated rings. The van der Waals surface area contributed by atoms with Crippen LogP contribution < -0.4 is 10.6 Å². The summed E-state index contributed by atoms with van der Waals surface area (Å²) >= 11 is 0. The molecule has 3 aliphatic rings. The molecule has 8 heteroatoms. The Kier molecular flexibility index (Phi) is 7.54. The molecule has 0 aliphatic carbocycles. The molecule has 0 aromatic heterocycles. The first-order valence-corrected chi connectivity index (χ1v) is 13.7. The van der Waals surface area contributed by atoms with E-state index >= 15 is 0 Å². The van der Waals surface area contributed by atoms with E-state index in [9.17, 15) is 14.4 Å². The van der Waals surface area contributed by atoms with Crippen LogP contribution in [0.5, 0.6) is 0 Å². The molecule has 38 heavy (non-hydrogen) atoms. The van der Waals surface area contributed by atoms with Crippen molar-refractivity contribution >= 4 is 29.1 Å². The summed E-state index contributed by atoms with van der Waals surface area (Å²) in [5, 5.41) is 15.2. The molecule has 2 unspecified atom stereocenters. The average molecular weight is 520 g/mol. The van der Waals surface area contributed by atoms with Crippen LogP contribution in [0.4, 0.5) is 11.4 Å². The zero-order chi connectivity index (χ0) is 26.9. The Morgan fingerprint density at radius 1 is 1.03 bits per heavy atom. The standard InChI is InChI=1S/C30H37N3O5/c1-19-12-13-20(2)22(18-19)32-28(36)26-30-15-14-23(38-30)24(27(35)31-21-10-6-5-7-11-21)25(30)29(37)33(26)16-8-3-4-9-17-34/h5-7,10-13,18,23-26,34H,3-4,8-9,14-17H2,1-2H3,(H,31,35)(H,32,36)/t23-,24+,25-,26?,30?/m0/s1.